The molecule has 0 saturated carbocycles. The first-order chi connectivity index (χ1) is 9.84. The summed E-state index contributed by atoms with van der Waals surface area (Å²) in [7, 11) is 0. The number of allylic oxidation sites excluding steroid dienone is 4. The summed E-state index contributed by atoms with van der Waals surface area (Å²) < 4.78 is 0. The van der Waals surface area contributed by atoms with Gasteiger partial charge in [-0.25, -0.2) is 0 Å². The van der Waals surface area contributed by atoms with Crippen LogP contribution in [-0.4, -0.2) is 6.21 Å². The fourth-order valence-corrected chi connectivity index (χ4v) is 2.48. The molecule has 2 aromatic carbocycles. The van der Waals surface area contributed by atoms with E-state index in [2.05, 4.69) is 48.3 Å². The lowest BCUT2D eigenvalue weighted by Gasteiger charge is -2.08. The van der Waals surface area contributed by atoms with Crippen LogP contribution in [0.5, 0.6) is 0 Å². The number of rotatable bonds is 3. The number of benzene rings is 2. The molecule has 1 aliphatic carbocycles. The predicted molar refractivity (Wildman–Crippen MR) is 86.5 cm³/mol. The molecule has 0 fully saturated rings. The van der Waals surface area contributed by atoms with E-state index >= 15 is 0 Å². The van der Waals surface area contributed by atoms with E-state index in [9.17, 15) is 0 Å². The third-order valence-corrected chi connectivity index (χ3v) is 3.56. The Bertz CT molecular complexity index is 691. The molecule has 1 heteroatoms. The first-order valence-corrected chi connectivity index (χ1v) is 6.89. The molecule has 98 valence electrons. The quantitative estimate of drug-likeness (QED) is 0.674. The summed E-state index contributed by atoms with van der Waals surface area (Å²) >= 11 is 0. The summed E-state index contributed by atoms with van der Waals surface area (Å²) in [5, 5.41) is 0. The second-order valence-electron chi connectivity index (χ2n) is 4.95. The van der Waals surface area contributed by atoms with E-state index in [-0.39, 0.29) is 0 Å². The minimum Gasteiger partial charge on any atom is -0.256 e. The molecule has 2 aromatic rings. The van der Waals surface area contributed by atoms with E-state index in [4.69, 9.17) is 0 Å². The number of para-hydroxylation sites is 1. The third-order valence-electron chi connectivity index (χ3n) is 3.56. The van der Waals surface area contributed by atoms with Crippen molar-refractivity contribution in [1.29, 1.82) is 0 Å². The fourth-order valence-electron chi connectivity index (χ4n) is 2.48. The summed E-state index contributed by atoms with van der Waals surface area (Å²) in [4.78, 5) is 4.57. The molecule has 0 atom stereocenters. The van der Waals surface area contributed by atoms with Gasteiger partial charge in [-0.2, -0.15) is 0 Å². The molecule has 20 heavy (non-hydrogen) atoms. The Morgan fingerprint density at radius 2 is 1.70 bits per heavy atom. The standard InChI is InChI=1S/C19H17N/c1-15-8-7-13-18(15)19-12-6-5-9-16(19)14-20-17-10-3-2-4-11-17/h2-12,14H,13H2,1H3/b20-14+. The van der Waals surface area contributed by atoms with Crippen molar-refractivity contribution < 1.29 is 0 Å². The summed E-state index contributed by atoms with van der Waals surface area (Å²) in [5.74, 6) is 0. The summed E-state index contributed by atoms with van der Waals surface area (Å²) in [5.41, 5.74) is 6.20. The lowest BCUT2D eigenvalue weighted by atomic mass is 9.97. The van der Waals surface area contributed by atoms with Crippen molar-refractivity contribution in [3.8, 4) is 0 Å². The number of aliphatic imine (C=N–C) groups is 1. The van der Waals surface area contributed by atoms with Crippen molar-refractivity contribution in [2.75, 3.05) is 0 Å². The van der Waals surface area contributed by atoms with Crippen LogP contribution >= 0.6 is 0 Å². The van der Waals surface area contributed by atoms with Crippen LogP contribution in [0.3, 0.4) is 0 Å². The van der Waals surface area contributed by atoms with E-state index < -0.39 is 0 Å². The number of hydrogen-bond acceptors (Lipinski definition) is 1. The molecule has 0 aromatic heterocycles. The molecule has 1 aliphatic rings. The average molecular weight is 259 g/mol. The van der Waals surface area contributed by atoms with Gasteiger partial charge >= 0.3 is 0 Å². The van der Waals surface area contributed by atoms with Gasteiger partial charge in [-0.3, -0.25) is 4.99 Å². The van der Waals surface area contributed by atoms with E-state index in [1.54, 1.807) is 0 Å². The molecular weight excluding hydrogens is 242 g/mol. The van der Waals surface area contributed by atoms with Gasteiger partial charge in [0.15, 0.2) is 0 Å². The van der Waals surface area contributed by atoms with Crippen molar-refractivity contribution in [3.05, 3.63) is 83.4 Å². The Morgan fingerprint density at radius 1 is 0.950 bits per heavy atom. The highest BCUT2D eigenvalue weighted by Crippen LogP contribution is 2.30. The van der Waals surface area contributed by atoms with Crippen LogP contribution in [0.1, 0.15) is 24.5 Å². The van der Waals surface area contributed by atoms with Gasteiger partial charge in [0.2, 0.25) is 0 Å². The highest BCUT2D eigenvalue weighted by Gasteiger charge is 2.10. The van der Waals surface area contributed by atoms with Crippen LogP contribution < -0.4 is 0 Å². The second kappa shape index (κ2) is 5.70. The number of hydrogen-bond donors (Lipinski definition) is 0. The normalized spacial score (nSPS) is 14.4. The van der Waals surface area contributed by atoms with Gasteiger partial charge < -0.3 is 0 Å². The van der Waals surface area contributed by atoms with Crippen molar-refractivity contribution in [2.45, 2.75) is 13.3 Å². The summed E-state index contributed by atoms with van der Waals surface area (Å²) in [6.45, 7) is 2.17. The first kappa shape index (κ1) is 12.6. The Labute approximate surface area is 120 Å². The maximum atomic E-state index is 4.57. The minimum atomic E-state index is 0.984. The molecule has 0 amide bonds. The van der Waals surface area contributed by atoms with E-state index in [0.717, 1.165) is 12.1 Å². The fraction of sp³-hybridized carbons (Fsp3) is 0.105. The third kappa shape index (κ3) is 2.62. The molecule has 0 radical (unpaired) electrons. The molecule has 0 aliphatic heterocycles. The molecule has 3 rings (SSSR count). The minimum absolute atomic E-state index is 0.984. The van der Waals surface area contributed by atoms with Gasteiger partial charge in [-0.1, -0.05) is 54.6 Å². The van der Waals surface area contributed by atoms with Gasteiger partial charge in [-0.05, 0) is 42.2 Å². The van der Waals surface area contributed by atoms with Crippen LogP contribution in [-0.2, 0) is 0 Å². The van der Waals surface area contributed by atoms with Gasteiger partial charge in [0, 0.05) is 11.8 Å². The maximum absolute atomic E-state index is 4.57. The SMILES string of the molecule is CC1=C(c2ccccc2/C=N/c2ccccc2)CC=C1. The number of nitrogens with zero attached hydrogens (tertiary/aromatic N) is 1. The average Bonchev–Trinajstić information content (AvgIpc) is 2.92. The molecule has 0 bridgehead atoms. The second-order valence-corrected chi connectivity index (χ2v) is 4.95. The summed E-state index contributed by atoms with van der Waals surface area (Å²) in [6.07, 6.45) is 7.39. The smallest absolute Gasteiger partial charge is 0.0629 e. The highest BCUT2D eigenvalue weighted by molar-refractivity contribution is 5.91. The maximum Gasteiger partial charge on any atom is 0.0629 e. The van der Waals surface area contributed by atoms with E-state index in [1.165, 1.54) is 22.3 Å². The van der Waals surface area contributed by atoms with Gasteiger partial charge in [0.05, 0.1) is 5.69 Å². The van der Waals surface area contributed by atoms with E-state index in [1.807, 2.05) is 36.5 Å². The zero-order valence-corrected chi connectivity index (χ0v) is 11.6. The van der Waals surface area contributed by atoms with Crippen molar-refractivity contribution >= 4 is 17.5 Å². The van der Waals surface area contributed by atoms with Gasteiger partial charge in [0.25, 0.3) is 0 Å². The predicted octanol–water partition coefficient (Wildman–Crippen LogP) is 5.17. The highest BCUT2D eigenvalue weighted by atomic mass is 14.7. The molecule has 0 saturated heterocycles. The van der Waals surface area contributed by atoms with Crippen molar-refractivity contribution in [2.24, 2.45) is 4.99 Å². The van der Waals surface area contributed by atoms with Crippen LogP contribution in [0.2, 0.25) is 0 Å². The van der Waals surface area contributed by atoms with E-state index in [0.29, 0.717) is 0 Å². The topological polar surface area (TPSA) is 12.4 Å². The Hall–Kier alpha value is -2.41. The first-order valence-electron chi connectivity index (χ1n) is 6.89. The molecule has 0 unspecified atom stereocenters. The molecule has 0 heterocycles. The largest absolute Gasteiger partial charge is 0.256 e. The lowest BCUT2D eigenvalue weighted by Crippen LogP contribution is -1.92. The zero-order valence-electron chi connectivity index (χ0n) is 11.6. The molecule has 1 nitrogen and oxygen atoms in total. The molecular formula is C19H17N. The Kier molecular flexibility index (Phi) is 3.60. The summed E-state index contributed by atoms with van der Waals surface area (Å²) in [6, 6.07) is 18.5. The Morgan fingerprint density at radius 3 is 2.45 bits per heavy atom. The molecule has 0 N–H and O–H groups in total. The monoisotopic (exact) mass is 259 g/mol. The van der Waals surface area contributed by atoms with Gasteiger partial charge in [0.1, 0.15) is 0 Å². The van der Waals surface area contributed by atoms with Crippen LogP contribution in [0.25, 0.3) is 5.57 Å². The lowest BCUT2D eigenvalue weighted by molar-refractivity contribution is 1.40. The van der Waals surface area contributed by atoms with Gasteiger partial charge in [-0.15, -0.1) is 0 Å². The van der Waals surface area contributed by atoms with Crippen molar-refractivity contribution in [1.82, 2.24) is 0 Å². The zero-order chi connectivity index (χ0) is 13.8. The Balaban J connectivity index is 1.95. The van der Waals surface area contributed by atoms with Crippen LogP contribution in [0.4, 0.5) is 5.69 Å². The van der Waals surface area contributed by atoms with Crippen LogP contribution in [0, 0.1) is 0 Å². The van der Waals surface area contributed by atoms with Crippen LogP contribution in [0.15, 0.2) is 77.3 Å². The van der Waals surface area contributed by atoms with Crippen molar-refractivity contribution in [3.63, 3.8) is 0 Å². The molecule has 0 spiro atoms.